The van der Waals surface area contributed by atoms with Crippen LogP contribution in [0.1, 0.15) is 45.2 Å². The maximum absolute atomic E-state index is 14.6. The molecule has 0 saturated carbocycles. The number of carbonyl (C=O) groups excluding carboxylic acids is 3. The van der Waals surface area contributed by atoms with Gasteiger partial charge in [-0.1, -0.05) is 181 Å². The zero-order chi connectivity index (χ0) is 49.4. The highest BCUT2D eigenvalue weighted by molar-refractivity contribution is 8.00. The van der Waals surface area contributed by atoms with Crippen LogP contribution >= 0.6 is 23.1 Å². The second-order valence-corrected chi connectivity index (χ2v) is 19.8. The van der Waals surface area contributed by atoms with E-state index in [1.54, 1.807) is 17.5 Å². The molecule has 0 spiro atoms. The van der Waals surface area contributed by atoms with E-state index in [-0.39, 0.29) is 33.3 Å². The number of anilines is 1. The summed E-state index contributed by atoms with van der Waals surface area (Å²) in [6.07, 6.45) is 2.48. The van der Waals surface area contributed by atoms with E-state index in [1.165, 1.54) is 46.2 Å². The van der Waals surface area contributed by atoms with E-state index in [9.17, 15) is 22.8 Å². The van der Waals surface area contributed by atoms with Crippen LogP contribution in [-0.2, 0) is 43.8 Å². The van der Waals surface area contributed by atoms with E-state index in [4.69, 9.17) is 18.7 Å². The van der Waals surface area contributed by atoms with E-state index >= 15 is 0 Å². The van der Waals surface area contributed by atoms with Crippen LogP contribution in [0.15, 0.2) is 228 Å². The molecule has 71 heavy (non-hydrogen) atoms. The van der Waals surface area contributed by atoms with Crippen LogP contribution in [0.5, 0.6) is 0 Å². The summed E-state index contributed by atoms with van der Waals surface area (Å²) in [5, 5.41) is 11.9. The average Bonchev–Trinajstić information content (AvgIpc) is 3.87. The SMILES string of the molecule is C=CO/N=C(/C(=O)NC1C(=O)N2C(C(=O)OC(c3ccccc3)c3ccccc3)=C(/C=C/OS(=O)(=O)c3ccc(C)cc3)CSC12)c1csc(NC(c2ccccc2)(c2ccccc2)c2ccccc2)n1. The Morgan fingerprint density at radius 3 is 1.87 bits per heavy atom. The average molecular weight is 1000 g/mol. The molecule has 2 amide bonds. The maximum atomic E-state index is 14.6. The lowest BCUT2D eigenvalue weighted by Gasteiger charge is -2.49. The zero-order valence-corrected chi connectivity index (χ0v) is 40.5. The van der Waals surface area contributed by atoms with Gasteiger partial charge in [0.05, 0.1) is 0 Å². The number of hydrogen-bond acceptors (Lipinski definition) is 13. The molecule has 3 heterocycles. The first-order valence-electron chi connectivity index (χ1n) is 22.3. The van der Waals surface area contributed by atoms with Gasteiger partial charge in [0.15, 0.2) is 16.9 Å². The minimum absolute atomic E-state index is 0.0595. The number of carbonyl (C=O) groups is 3. The summed E-state index contributed by atoms with van der Waals surface area (Å²) in [5.41, 5.74) is 4.20. The minimum atomic E-state index is -4.23. The number of hydrogen-bond donors (Lipinski definition) is 2. The molecule has 2 aliphatic heterocycles. The molecule has 0 aliphatic carbocycles. The van der Waals surface area contributed by atoms with Crippen molar-refractivity contribution in [2.75, 3.05) is 11.1 Å². The smallest absolute Gasteiger partial charge is 0.356 e. The molecular weight excluding hydrogens is 955 g/mol. The molecule has 1 aromatic heterocycles. The summed E-state index contributed by atoms with van der Waals surface area (Å²) < 4.78 is 37.8. The largest absolute Gasteiger partial charge is 0.448 e. The summed E-state index contributed by atoms with van der Waals surface area (Å²) in [6, 6.07) is 53.3. The maximum Gasteiger partial charge on any atom is 0.356 e. The molecule has 7 aromatic rings. The standard InChI is InChI=1S/C55H45N5O8S3/c1-3-66-59-46(45-36-70-54(56-45)58-55(41-23-13-6-14-24-41,42-25-15-7-16-26-42)43-27-17-8-18-28-43)50(61)57-47-51(62)60-48(53(63)68-49(38-19-9-4-10-20-38)39-21-11-5-12-22-39)40(35-69-52(47)60)33-34-67-71(64,65)44-31-29-37(2)30-32-44/h3-34,36,47,49,52H,1,35H2,2H3,(H,56,58)(H,57,61)/b34-33+,59-46+. The van der Waals surface area contributed by atoms with E-state index in [0.29, 0.717) is 16.3 Å². The van der Waals surface area contributed by atoms with Gasteiger partial charge in [-0.2, -0.15) is 8.42 Å². The lowest BCUT2D eigenvalue weighted by Crippen LogP contribution is -2.71. The van der Waals surface area contributed by atoms with Crippen molar-refractivity contribution >= 4 is 61.8 Å². The molecular formula is C55H45N5O8S3. The molecule has 2 unspecified atom stereocenters. The molecule has 9 rings (SSSR count). The fourth-order valence-corrected chi connectivity index (χ4v) is 11.2. The fraction of sp³-hybridized carbons (Fsp3) is 0.109. The number of aryl methyl sites for hydroxylation is 1. The highest BCUT2D eigenvalue weighted by atomic mass is 32.2. The van der Waals surface area contributed by atoms with Gasteiger partial charge in [-0.25, -0.2) is 9.78 Å². The third-order valence-corrected chi connectivity index (χ3v) is 15.0. The van der Waals surface area contributed by atoms with Crippen molar-refractivity contribution in [2.24, 2.45) is 5.16 Å². The van der Waals surface area contributed by atoms with E-state index in [1.807, 2.05) is 159 Å². The number of nitrogens with one attached hydrogen (secondary N) is 2. The lowest BCUT2D eigenvalue weighted by molar-refractivity contribution is -0.154. The number of thioether (sulfide) groups is 1. The number of benzene rings is 6. The van der Waals surface area contributed by atoms with Gasteiger partial charge in [0.2, 0.25) is 0 Å². The summed E-state index contributed by atoms with van der Waals surface area (Å²) in [7, 11) is -4.23. The van der Waals surface area contributed by atoms with Crippen LogP contribution in [0, 0.1) is 6.92 Å². The van der Waals surface area contributed by atoms with Crippen molar-refractivity contribution in [2.45, 2.75) is 34.9 Å². The van der Waals surface area contributed by atoms with Gasteiger partial charge < -0.3 is 24.4 Å². The number of esters is 1. The normalized spacial score (nSPS) is 15.9. The number of fused-ring (bicyclic) bond motifs is 1. The molecule has 1 saturated heterocycles. The van der Waals surface area contributed by atoms with Gasteiger partial charge in [0.1, 0.15) is 45.8 Å². The number of oxime groups is 1. The highest BCUT2D eigenvalue weighted by Crippen LogP contribution is 2.43. The number of rotatable bonds is 18. The molecule has 16 heteroatoms. The Kier molecular flexibility index (Phi) is 14.4. The zero-order valence-electron chi connectivity index (χ0n) is 38.0. The number of amides is 2. The molecule has 13 nitrogen and oxygen atoms in total. The molecule has 356 valence electrons. The summed E-state index contributed by atoms with van der Waals surface area (Å²) in [6.45, 7) is 5.42. The van der Waals surface area contributed by atoms with Crippen molar-refractivity contribution in [3.8, 4) is 0 Å². The summed E-state index contributed by atoms with van der Waals surface area (Å²) in [4.78, 5) is 54.6. The van der Waals surface area contributed by atoms with Crippen LogP contribution in [0.4, 0.5) is 5.13 Å². The third kappa shape index (κ3) is 10.2. The van der Waals surface area contributed by atoms with Crippen LogP contribution in [0.2, 0.25) is 0 Å². The Labute approximate surface area is 419 Å². The monoisotopic (exact) mass is 999 g/mol. The molecule has 2 aliphatic rings. The van der Waals surface area contributed by atoms with Gasteiger partial charge in [0, 0.05) is 11.1 Å². The quantitative estimate of drug-likeness (QED) is 0.0160. The van der Waals surface area contributed by atoms with Crippen molar-refractivity contribution in [1.29, 1.82) is 0 Å². The molecule has 0 radical (unpaired) electrons. The van der Waals surface area contributed by atoms with Gasteiger partial charge in [0.25, 0.3) is 11.8 Å². The predicted molar refractivity (Wildman–Crippen MR) is 274 cm³/mol. The van der Waals surface area contributed by atoms with Crippen LogP contribution in [0.25, 0.3) is 0 Å². The second kappa shape index (κ2) is 21.3. The molecule has 6 aromatic carbocycles. The van der Waals surface area contributed by atoms with E-state index in [2.05, 4.69) is 22.4 Å². The Bertz CT molecular complexity index is 3110. The Hall–Kier alpha value is -8.05. The Morgan fingerprint density at radius 1 is 0.803 bits per heavy atom. The van der Waals surface area contributed by atoms with Crippen molar-refractivity contribution in [3.63, 3.8) is 0 Å². The van der Waals surface area contributed by atoms with Crippen LogP contribution < -0.4 is 10.6 Å². The van der Waals surface area contributed by atoms with Gasteiger partial charge in [-0.15, -0.1) is 23.1 Å². The van der Waals surface area contributed by atoms with Gasteiger partial charge in [-0.3, -0.25) is 14.5 Å². The summed E-state index contributed by atoms with van der Waals surface area (Å²) in [5.74, 6) is -2.15. The van der Waals surface area contributed by atoms with E-state index < -0.39 is 51.0 Å². The number of aromatic nitrogens is 1. The lowest BCUT2D eigenvalue weighted by atomic mass is 9.77. The fourth-order valence-electron chi connectivity index (χ4n) is 8.34. The molecule has 2 atom stereocenters. The van der Waals surface area contributed by atoms with Gasteiger partial charge >= 0.3 is 16.1 Å². The number of thiazole rings is 1. The van der Waals surface area contributed by atoms with Gasteiger partial charge in [-0.05, 0) is 58.5 Å². The van der Waals surface area contributed by atoms with E-state index in [0.717, 1.165) is 34.8 Å². The third-order valence-electron chi connectivity index (χ3n) is 11.8. The van der Waals surface area contributed by atoms with Crippen molar-refractivity contribution < 1.29 is 36.6 Å². The number of allylic oxidation sites excluding steroid dienone is 1. The second-order valence-electron chi connectivity index (χ2n) is 16.2. The topological polar surface area (TPSA) is 166 Å². The number of ether oxygens (including phenoxy) is 1. The molecule has 2 N–H and O–H groups in total. The first-order chi connectivity index (χ1) is 34.6. The molecule has 1 fully saturated rings. The number of β-lactam (4-membered cyclic amide) rings is 1. The van der Waals surface area contributed by atoms with Crippen molar-refractivity contribution in [1.82, 2.24) is 15.2 Å². The summed E-state index contributed by atoms with van der Waals surface area (Å²) >= 11 is 2.50. The first-order valence-corrected chi connectivity index (χ1v) is 25.6. The first kappa shape index (κ1) is 48.0. The predicted octanol–water partition coefficient (Wildman–Crippen LogP) is 9.63. The van der Waals surface area contributed by atoms with Crippen LogP contribution in [0.3, 0.4) is 0 Å². The molecule has 0 bridgehead atoms. The number of nitrogens with zero attached hydrogens (tertiary/aromatic N) is 3. The Balaban J connectivity index is 1.00. The van der Waals surface area contributed by atoms with Crippen molar-refractivity contribution in [3.05, 3.63) is 257 Å². The van der Waals surface area contributed by atoms with Crippen LogP contribution in [-0.4, -0.2) is 59.0 Å². The highest BCUT2D eigenvalue weighted by Gasteiger charge is 2.55. The minimum Gasteiger partial charge on any atom is -0.448 e. The Morgan fingerprint density at radius 2 is 1.34 bits per heavy atom.